The highest BCUT2D eigenvalue weighted by Crippen LogP contribution is 2.42. The Kier molecular flexibility index (Phi) is 5.59. The minimum Gasteiger partial charge on any atom is -0.319 e. The summed E-state index contributed by atoms with van der Waals surface area (Å²) >= 11 is 0. The van der Waals surface area contributed by atoms with Crippen molar-refractivity contribution in [2.45, 2.75) is 43.3 Å². The molecule has 0 bridgehead atoms. The van der Waals surface area contributed by atoms with Crippen LogP contribution >= 0.6 is 0 Å². The van der Waals surface area contributed by atoms with Crippen molar-refractivity contribution < 1.29 is 8.42 Å². The molecule has 1 fully saturated rings. The normalized spacial score (nSPS) is 22.8. The smallest absolute Gasteiger partial charge is 0.212 e. The van der Waals surface area contributed by atoms with Crippen molar-refractivity contribution in [2.75, 3.05) is 13.6 Å². The molecular weight excluding hydrogens is 368 g/mol. The van der Waals surface area contributed by atoms with Gasteiger partial charge < -0.3 is 5.32 Å². The molecular formula is C23H30N2O2S. The molecule has 0 aliphatic heterocycles. The molecule has 0 amide bonds. The first kappa shape index (κ1) is 19.6. The summed E-state index contributed by atoms with van der Waals surface area (Å²) in [5.74, 6) is 1.26. The lowest BCUT2D eigenvalue weighted by Crippen LogP contribution is -2.32. The molecule has 150 valence electrons. The van der Waals surface area contributed by atoms with Crippen LogP contribution in [0, 0.1) is 11.8 Å². The van der Waals surface area contributed by atoms with Crippen LogP contribution in [-0.2, 0) is 29.3 Å². The Morgan fingerprint density at radius 2 is 1.86 bits per heavy atom. The quantitative estimate of drug-likeness (QED) is 0.718. The number of hydrogen-bond acceptors (Lipinski definition) is 3. The van der Waals surface area contributed by atoms with Gasteiger partial charge in [-0.05, 0) is 85.7 Å². The zero-order valence-corrected chi connectivity index (χ0v) is 17.3. The van der Waals surface area contributed by atoms with Gasteiger partial charge in [0.25, 0.3) is 0 Å². The van der Waals surface area contributed by atoms with Gasteiger partial charge in [-0.25, -0.2) is 13.6 Å². The van der Waals surface area contributed by atoms with Gasteiger partial charge in [0.1, 0.15) is 0 Å². The van der Waals surface area contributed by atoms with Crippen LogP contribution in [-0.4, -0.2) is 27.3 Å². The third-order valence-electron chi connectivity index (χ3n) is 6.43. The third-order valence-corrected chi connectivity index (χ3v) is 7.83. The van der Waals surface area contributed by atoms with Crippen molar-refractivity contribution >= 4 is 10.0 Å². The predicted octanol–water partition coefficient (Wildman–Crippen LogP) is 3.01. The Hall–Kier alpha value is -1.69. The summed E-state index contributed by atoms with van der Waals surface area (Å²) < 4.78 is 24.1. The molecule has 4 nitrogen and oxygen atoms in total. The molecule has 2 aliphatic rings. The van der Waals surface area contributed by atoms with E-state index in [0.717, 1.165) is 37.8 Å². The average molecular weight is 399 g/mol. The summed E-state index contributed by atoms with van der Waals surface area (Å²) in [7, 11) is -1.49. The lowest BCUT2D eigenvalue weighted by atomic mass is 9.86. The Bertz CT molecular complexity index is 923. The first-order valence-corrected chi connectivity index (χ1v) is 11.9. The van der Waals surface area contributed by atoms with Gasteiger partial charge in [-0.15, -0.1) is 0 Å². The summed E-state index contributed by atoms with van der Waals surface area (Å²) in [5.41, 5.74) is 5.26. The number of benzene rings is 2. The zero-order valence-electron chi connectivity index (χ0n) is 16.5. The summed E-state index contributed by atoms with van der Waals surface area (Å²) in [4.78, 5) is 0. The second-order valence-electron chi connectivity index (χ2n) is 8.52. The highest BCUT2D eigenvalue weighted by atomic mass is 32.2. The maximum atomic E-state index is 12.1. The molecule has 4 rings (SSSR count). The Labute approximate surface area is 168 Å². The van der Waals surface area contributed by atoms with Crippen LogP contribution in [0.25, 0.3) is 0 Å². The molecule has 2 aliphatic carbocycles. The van der Waals surface area contributed by atoms with Gasteiger partial charge in [-0.3, -0.25) is 0 Å². The summed E-state index contributed by atoms with van der Waals surface area (Å²) in [6.07, 6.45) is 4.59. The Morgan fingerprint density at radius 1 is 1.11 bits per heavy atom. The van der Waals surface area contributed by atoms with Crippen LogP contribution in [0.1, 0.15) is 41.0 Å². The second kappa shape index (κ2) is 7.97. The van der Waals surface area contributed by atoms with E-state index in [1.165, 1.54) is 16.7 Å². The van der Waals surface area contributed by atoms with Crippen LogP contribution in [0.15, 0.2) is 48.5 Å². The van der Waals surface area contributed by atoms with Gasteiger partial charge in [0.15, 0.2) is 0 Å². The number of nitrogens with two attached hydrogens (primary N) is 1. The highest BCUT2D eigenvalue weighted by Gasteiger charge is 2.39. The van der Waals surface area contributed by atoms with Crippen molar-refractivity contribution in [1.29, 1.82) is 0 Å². The molecule has 3 N–H and O–H groups in total. The third kappa shape index (κ3) is 4.32. The van der Waals surface area contributed by atoms with E-state index in [0.29, 0.717) is 18.3 Å². The SMILES string of the molecule is CNCC1Cc2ccc(CC(C3CC3)S(N)(=O)=O)cc2C1Cc1ccccc1. The van der Waals surface area contributed by atoms with Crippen LogP contribution in [0.4, 0.5) is 0 Å². The molecule has 28 heavy (non-hydrogen) atoms. The first-order valence-electron chi connectivity index (χ1n) is 10.3. The van der Waals surface area contributed by atoms with E-state index in [1.807, 2.05) is 7.05 Å². The van der Waals surface area contributed by atoms with Gasteiger partial charge in [0.2, 0.25) is 10.0 Å². The number of primary sulfonamides is 1. The molecule has 3 atom stereocenters. The fourth-order valence-corrected chi connectivity index (χ4v) is 6.09. The van der Waals surface area contributed by atoms with Crippen molar-refractivity contribution in [3.63, 3.8) is 0 Å². The summed E-state index contributed by atoms with van der Waals surface area (Å²) in [6, 6.07) is 17.2. The number of nitrogens with one attached hydrogen (secondary N) is 1. The van der Waals surface area contributed by atoms with Gasteiger partial charge in [0.05, 0.1) is 5.25 Å². The fraction of sp³-hybridized carbons (Fsp3) is 0.478. The molecule has 0 spiro atoms. The average Bonchev–Trinajstić information content (AvgIpc) is 3.44. The van der Waals surface area contributed by atoms with Crippen molar-refractivity contribution in [2.24, 2.45) is 17.0 Å². The van der Waals surface area contributed by atoms with Crippen LogP contribution in [0.5, 0.6) is 0 Å². The molecule has 2 aromatic rings. The molecule has 2 aromatic carbocycles. The molecule has 3 unspecified atom stereocenters. The van der Waals surface area contributed by atoms with Crippen molar-refractivity contribution in [3.05, 3.63) is 70.8 Å². The van der Waals surface area contributed by atoms with Gasteiger partial charge in [0, 0.05) is 0 Å². The largest absolute Gasteiger partial charge is 0.319 e. The number of hydrogen-bond donors (Lipinski definition) is 2. The first-order chi connectivity index (χ1) is 13.5. The standard InChI is InChI=1S/C23H30N2O2S/c1-25-15-20-14-19-8-7-17(13-23(18-9-10-18)28(24,26)27)12-21(19)22(20)11-16-5-3-2-4-6-16/h2-8,12,18,20,22-23,25H,9-11,13-15H2,1H3,(H2,24,26,27). The van der Waals surface area contributed by atoms with E-state index in [2.05, 4.69) is 53.8 Å². The van der Waals surface area contributed by atoms with E-state index in [9.17, 15) is 8.42 Å². The topological polar surface area (TPSA) is 72.2 Å². The molecule has 0 saturated heterocycles. The highest BCUT2D eigenvalue weighted by molar-refractivity contribution is 7.89. The van der Waals surface area contributed by atoms with Gasteiger partial charge >= 0.3 is 0 Å². The van der Waals surface area contributed by atoms with E-state index >= 15 is 0 Å². The van der Waals surface area contributed by atoms with E-state index in [4.69, 9.17) is 5.14 Å². The number of sulfonamides is 1. The summed E-state index contributed by atoms with van der Waals surface area (Å²) in [6.45, 7) is 0.989. The van der Waals surface area contributed by atoms with Crippen LogP contribution in [0.2, 0.25) is 0 Å². The molecule has 0 aromatic heterocycles. The van der Waals surface area contributed by atoms with E-state index in [-0.39, 0.29) is 5.92 Å². The Balaban J connectivity index is 1.61. The van der Waals surface area contributed by atoms with Crippen LogP contribution in [0.3, 0.4) is 0 Å². The van der Waals surface area contributed by atoms with E-state index in [1.54, 1.807) is 0 Å². The van der Waals surface area contributed by atoms with Gasteiger partial charge in [-0.1, -0.05) is 48.5 Å². The van der Waals surface area contributed by atoms with Crippen LogP contribution < -0.4 is 10.5 Å². The lowest BCUT2D eigenvalue weighted by Gasteiger charge is -2.21. The monoisotopic (exact) mass is 398 g/mol. The second-order valence-corrected chi connectivity index (χ2v) is 10.3. The number of fused-ring (bicyclic) bond motifs is 1. The fourth-order valence-electron chi connectivity index (χ4n) is 4.85. The maximum absolute atomic E-state index is 12.1. The molecule has 0 radical (unpaired) electrons. The minimum atomic E-state index is -3.51. The lowest BCUT2D eigenvalue weighted by molar-refractivity contribution is 0.436. The predicted molar refractivity (Wildman–Crippen MR) is 114 cm³/mol. The summed E-state index contributed by atoms with van der Waals surface area (Å²) in [5, 5.41) is 8.45. The molecule has 1 saturated carbocycles. The minimum absolute atomic E-state index is 0.236. The molecule has 5 heteroatoms. The maximum Gasteiger partial charge on any atom is 0.212 e. The number of rotatable bonds is 8. The van der Waals surface area contributed by atoms with E-state index < -0.39 is 15.3 Å². The zero-order chi connectivity index (χ0) is 19.7. The molecule has 0 heterocycles. The van der Waals surface area contributed by atoms with Crippen molar-refractivity contribution in [1.82, 2.24) is 5.32 Å². The van der Waals surface area contributed by atoms with Gasteiger partial charge in [-0.2, -0.15) is 0 Å². The van der Waals surface area contributed by atoms with Crippen molar-refractivity contribution in [3.8, 4) is 0 Å². The Morgan fingerprint density at radius 3 is 2.50 bits per heavy atom.